The molecule has 158 valence electrons. The van der Waals surface area contributed by atoms with E-state index in [1.807, 2.05) is 5.32 Å². The molecule has 0 spiro atoms. The van der Waals surface area contributed by atoms with Crippen LogP contribution in [-0.4, -0.2) is 42.0 Å². The molecule has 0 saturated carbocycles. The van der Waals surface area contributed by atoms with Gasteiger partial charge in [0.05, 0.1) is 20.5 Å². The summed E-state index contributed by atoms with van der Waals surface area (Å²) in [7, 11) is -4.03. The second kappa shape index (κ2) is 8.15. The number of halogens is 4. The molecule has 2 aromatic rings. The molecule has 0 radical (unpaired) electrons. The maximum Gasteiger partial charge on any atom is 0.426 e. The Bertz CT molecular complexity index is 1020. The van der Waals surface area contributed by atoms with Crippen LogP contribution >= 0.6 is 11.6 Å². The van der Waals surface area contributed by atoms with Crippen molar-refractivity contribution in [3.8, 4) is 0 Å². The molecule has 2 aromatic carbocycles. The number of carbonyl (C=O) groups excluding carboxylic acids is 1. The normalized spacial score (nSPS) is 15.4. The fourth-order valence-corrected chi connectivity index (χ4v) is 4.18. The molecule has 6 nitrogen and oxygen atoms in total. The van der Waals surface area contributed by atoms with Crippen LogP contribution < -0.4 is 5.32 Å². The number of alkyl halides is 3. The number of nitrogens with one attached hydrogen (secondary N) is 1. The van der Waals surface area contributed by atoms with Crippen molar-refractivity contribution in [3.63, 3.8) is 0 Å². The van der Waals surface area contributed by atoms with Crippen LogP contribution in [0.25, 0.3) is 0 Å². The van der Waals surface area contributed by atoms with Gasteiger partial charge in [-0.1, -0.05) is 11.6 Å². The smallest absolute Gasteiger partial charge is 0.426 e. The second-order valence-corrected chi connectivity index (χ2v) is 9.83. The molecule has 0 aliphatic carbocycles. The fraction of sp³-hybridized carbons (Fsp3) is 0.235. The third kappa shape index (κ3) is 4.86. The van der Waals surface area contributed by atoms with E-state index in [0.29, 0.717) is 4.90 Å². The van der Waals surface area contributed by atoms with Gasteiger partial charge in [-0.2, -0.15) is 13.2 Å². The zero-order valence-electron chi connectivity index (χ0n) is 15.0. The van der Waals surface area contributed by atoms with E-state index in [4.69, 9.17) is 11.6 Å². The Morgan fingerprint density at radius 2 is 1.66 bits per heavy atom. The molecule has 2 N–H and O–H groups in total. The second-order valence-electron chi connectivity index (χ2n) is 6.09. The van der Waals surface area contributed by atoms with Crippen LogP contribution in [0.2, 0.25) is 5.02 Å². The lowest BCUT2D eigenvalue weighted by Gasteiger charge is -2.25. The SMILES string of the molecule is C[S+]([O-])c1ccc(S(=O)(=O)c2ccc(NC(=O)[C@@](C)(O)C(F)(F)F)c(Cl)c2)cc1. The average molecular weight is 470 g/mol. The summed E-state index contributed by atoms with van der Waals surface area (Å²) in [5.41, 5.74) is -3.97. The molecule has 0 aliphatic rings. The lowest BCUT2D eigenvalue weighted by atomic mass is 10.1. The van der Waals surface area contributed by atoms with E-state index >= 15 is 0 Å². The Kier molecular flexibility index (Phi) is 6.60. The van der Waals surface area contributed by atoms with Crippen molar-refractivity contribution in [2.24, 2.45) is 0 Å². The minimum absolute atomic E-state index is 0.112. The number of sulfone groups is 1. The predicted molar refractivity (Wildman–Crippen MR) is 101 cm³/mol. The molecule has 1 amide bonds. The van der Waals surface area contributed by atoms with Gasteiger partial charge < -0.3 is 15.0 Å². The van der Waals surface area contributed by atoms with Crippen LogP contribution in [0.4, 0.5) is 18.9 Å². The Morgan fingerprint density at radius 3 is 2.10 bits per heavy atom. The minimum Gasteiger partial charge on any atom is -0.612 e. The highest BCUT2D eigenvalue weighted by atomic mass is 35.5. The molecular formula is C17H15ClF3NO5S2. The summed E-state index contributed by atoms with van der Waals surface area (Å²) in [5.74, 6) is -1.77. The maximum absolute atomic E-state index is 12.7. The molecule has 2 atom stereocenters. The largest absolute Gasteiger partial charge is 0.612 e. The quantitative estimate of drug-likeness (QED) is 0.654. The third-order valence-corrected chi connectivity index (χ3v) is 6.98. The lowest BCUT2D eigenvalue weighted by Crippen LogP contribution is -2.52. The highest BCUT2D eigenvalue weighted by molar-refractivity contribution is 7.91. The van der Waals surface area contributed by atoms with Crippen LogP contribution in [-0.2, 0) is 25.8 Å². The van der Waals surface area contributed by atoms with E-state index in [0.717, 1.165) is 18.2 Å². The van der Waals surface area contributed by atoms with E-state index < -0.39 is 38.7 Å². The van der Waals surface area contributed by atoms with E-state index in [1.165, 1.54) is 30.5 Å². The molecule has 0 bridgehead atoms. The van der Waals surface area contributed by atoms with E-state index in [1.54, 1.807) is 0 Å². The van der Waals surface area contributed by atoms with Crippen LogP contribution in [0.5, 0.6) is 0 Å². The summed E-state index contributed by atoms with van der Waals surface area (Å²) >= 11 is 4.62. The summed E-state index contributed by atoms with van der Waals surface area (Å²) in [5, 5.41) is 10.8. The van der Waals surface area contributed by atoms with E-state index in [-0.39, 0.29) is 27.4 Å². The van der Waals surface area contributed by atoms with Crippen LogP contribution in [0.1, 0.15) is 6.92 Å². The number of carbonyl (C=O) groups is 1. The number of anilines is 1. The zero-order chi connectivity index (χ0) is 22.2. The van der Waals surface area contributed by atoms with Gasteiger partial charge in [0.1, 0.15) is 6.26 Å². The molecule has 12 heteroatoms. The Labute approximate surface area is 172 Å². The summed E-state index contributed by atoms with van der Waals surface area (Å²) < 4.78 is 75.0. The first kappa shape index (κ1) is 23.5. The van der Waals surface area contributed by atoms with Crippen molar-refractivity contribution >= 4 is 44.2 Å². The number of hydrogen-bond acceptors (Lipinski definition) is 5. The zero-order valence-corrected chi connectivity index (χ0v) is 17.3. The highest BCUT2D eigenvalue weighted by Gasteiger charge is 2.55. The van der Waals surface area contributed by atoms with Gasteiger partial charge >= 0.3 is 6.18 Å². The molecule has 0 heterocycles. The Balaban J connectivity index is 2.32. The lowest BCUT2D eigenvalue weighted by molar-refractivity contribution is -0.242. The topological polar surface area (TPSA) is 107 Å². The minimum atomic E-state index is -5.22. The first-order valence-corrected chi connectivity index (χ1v) is 11.2. The number of amides is 1. The van der Waals surface area contributed by atoms with Crippen molar-refractivity contribution in [1.29, 1.82) is 0 Å². The molecule has 29 heavy (non-hydrogen) atoms. The summed E-state index contributed by atoms with van der Waals surface area (Å²) in [4.78, 5) is 11.8. The Morgan fingerprint density at radius 1 is 1.14 bits per heavy atom. The predicted octanol–water partition coefficient (Wildman–Crippen LogP) is 3.16. The van der Waals surface area contributed by atoms with Crippen molar-refractivity contribution in [2.45, 2.75) is 33.4 Å². The van der Waals surface area contributed by atoms with Gasteiger partial charge in [0, 0.05) is 0 Å². The monoisotopic (exact) mass is 469 g/mol. The first-order valence-electron chi connectivity index (χ1n) is 7.76. The van der Waals surface area contributed by atoms with Gasteiger partial charge in [-0.05, 0) is 60.6 Å². The number of aliphatic hydroxyl groups is 1. The fourth-order valence-electron chi connectivity index (χ4n) is 2.08. The van der Waals surface area contributed by atoms with Crippen molar-refractivity contribution < 1.29 is 36.0 Å². The molecule has 0 aromatic heterocycles. The van der Waals surface area contributed by atoms with Gasteiger partial charge in [0.2, 0.25) is 15.4 Å². The van der Waals surface area contributed by atoms with Crippen molar-refractivity contribution in [2.75, 3.05) is 11.6 Å². The summed E-state index contributed by atoms with van der Waals surface area (Å²) in [6, 6.07) is 8.31. The number of rotatable bonds is 5. The van der Waals surface area contributed by atoms with Crippen LogP contribution in [0.15, 0.2) is 57.2 Å². The number of hydrogen-bond donors (Lipinski definition) is 2. The third-order valence-electron chi connectivity index (χ3n) is 3.96. The van der Waals surface area contributed by atoms with E-state index in [2.05, 4.69) is 0 Å². The summed E-state index contributed by atoms with van der Waals surface area (Å²) in [6.07, 6.45) is -3.78. The van der Waals surface area contributed by atoms with Crippen molar-refractivity contribution in [1.82, 2.24) is 0 Å². The van der Waals surface area contributed by atoms with Gasteiger partial charge in [0.25, 0.3) is 5.91 Å². The standard InChI is InChI=1S/C17H15ClF3NO5S2/c1-16(24,17(19,20)21)15(23)22-14-8-7-12(9-13(14)18)29(26,27)11-5-3-10(4-6-11)28(2)25/h3-9,24H,1-2H3,(H,22,23)/t16-,28?/m1/s1. The first-order chi connectivity index (χ1) is 13.2. The van der Waals surface area contributed by atoms with Gasteiger partial charge in [-0.25, -0.2) is 8.42 Å². The molecule has 1 unspecified atom stereocenters. The van der Waals surface area contributed by atoms with Gasteiger partial charge in [-0.15, -0.1) is 0 Å². The van der Waals surface area contributed by atoms with Gasteiger partial charge in [0.15, 0.2) is 4.90 Å². The van der Waals surface area contributed by atoms with Crippen LogP contribution in [0.3, 0.4) is 0 Å². The molecular weight excluding hydrogens is 455 g/mol. The molecule has 0 fully saturated rings. The van der Waals surface area contributed by atoms with Crippen LogP contribution in [0, 0.1) is 0 Å². The molecule has 0 aliphatic heterocycles. The maximum atomic E-state index is 12.7. The molecule has 2 rings (SSSR count). The Hall–Kier alpha value is -1.79. The summed E-state index contributed by atoms with van der Waals surface area (Å²) in [6.45, 7) is 0.280. The van der Waals surface area contributed by atoms with Gasteiger partial charge in [-0.3, -0.25) is 4.79 Å². The molecule has 0 saturated heterocycles. The average Bonchev–Trinajstić information content (AvgIpc) is 2.62. The highest BCUT2D eigenvalue weighted by Crippen LogP contribution is 2.33. The van der Waals surface area contributed by atoms with E-state index in [9.17, 15) is 36.0 Å². The number of benzene rings is 2. The van der Waals surface area contributed by atoms with Crippen molar-refractivity contribution in [3.05, 3.63) is 47.5 Å².